The van der Waals surface area contributed by atoms with E-state index in [0.717, 1.165) is 0 Å². The van der Waals surface area contributed by atoms with Gasteiger partial charge < -0.3 is 7.64 Å². The first-order chi connectivity index (χ1) is 6.24. The third kappa shape index (κ3) is 1.55. The maximum atomic E-state index is 13.1. The summed E-state index contributed by atoms with van der Waals surface area (Å²) in [5.74, 6) is -1.70. The van der Waals surface area contributed by atoms with E-state index in [1.807, 2.05) is 0 Å². The number of halogens is 3. The van der Waals surface area contributed by atoms with Crippen molar-refractivity contribution in [2.24, 2.45) is 0 Å². The number of fused-ring (bicyclic) bond motifs is 1. The number of rotatable bonds is 1. The van der Waals surface area contributed by atoms with Gasteiger partial charge in [0.25, 0.3) is 0 Å². The predicted molar refractivity (Wildman–Crippen MR) is 52.5 cm³/mol. The van der Waals surface area contributed by atoms with Crippen LogP contribution in [0.15, 0.2) is 23.3 Å². The molecule has 0 amide bonds. The first-order valence-electron chi connectivity index (χ1n) is 3.87. The Kier molecular flexibility index (Phi) is 2.71. The van der Waals surface area contributed by atoms with Crippen LogP contribution in [0.4, 0.5) is 8.78 Å². The molecule has 1 aliphatic carbocycles. The lowest BCUT2D eigenvalue weighted by atomic mass is 9.67. The molecule has 0 bridgehead atoms. The topological polar surface area (TPSA) is 18.5 Å². The van der Waals surface area contributed by atoms with Crippen LogP contribution in [0.2, 0.25) is 5.82 Å². The second-order valence-corrected chi connectivity index (χ2v) is 3.51. The molecule has 13 heavy (non-hydrogen) atoms. The van der Waals surface area contributed by atoms with Gasteiger partial charge >= 0.3 is 7.12 Å². The van der Waals surface area contributed by atoms with E-state index in [1.165, 1.54) is 6.08 Å². The zero-order valence-corrected chi connectivity index (χ0v) is 8.75. The van der Waals surface area contributed by atoms with Gasteiger partial charge in [0.1, 0.15) is 0 Å². The van der Waals surface area contributed by atoms with E-state index >= 15 is 0 Å². The molecule has 2 nitrogen and oxygen atoms in total. The van der Waals surface area contributed by atoms with Gasteiger partial charge in [0.15, 0.2) is 11.7 Å². The molecular formula is C7H6BF2IO2. The molecule has 0 spiro atoms. The molecule has 0 aromatic heterocycles. The molecule has 2 rings (SSSR count). The van der Waals surface area contributed by atoms with Gasteiger partial charge in [-0.15, -0.1) is 0 Å². The van der Waals surface area contributed by atoms with Crippen molar-refractivity contribution in [3.63, 3.8) is 0 Å². The van der Waals surface area contributed by atoms with Crippen LogP contribution in [0.1, 0.15) is 6.42 Å². The van der Waals surface area contributed by atoms with Gasteiger partial charge in [-0.1, -0.05) is 0 Å². The van der Waals surface area contributed by atoms with Crippen LogP contribution in [0.25, 0.3) is 0 Å². The van der Waals surface area contributed by atoms with Crippen molar-refractivity contribution in [2.45, 2.75) is 12.2 Å². The van der Waals surface area contributed by atoms with E-state index in [-0.39, 0.29) is 12.4 Å². The van der Waals surface area contributed by atoms with Crippen molar-refractivity contribution >= 4 is 30.1 Å². The fourth-order valence-corrected chi connectivity index (χ4v) is 2.10. The second kappa shape index (κ2) is 3.66. The van der Waals surface area contributed by atoms with E-state index in [1.54, 1.807) is 23.0 Å². The van der Waals surface area contributed by atoms with Crippen LogP contribution in [0.5, 0.6) is 0 Å². The van der Waals surface area contributed by atoms with Gasteiger partial charge in [-0.25, -0.2) is 8.78 Å². The van der Waals surface area contributed by atoms with Gasteiger partial charge in [-0.2, -0.15) is 0 Å². The minimum absolute atomic E-state index is 0.130. The molecule has 0 N–H and O–H groups in total. The summed E-state index contributed by atoms with van der Waals surface area (Å²) < 4.78 is 36.0. The molecule has 1 saturated heterocycles. The van der Waals surface area contributed by atoms with E-state index in [2.05, 4.69) is 0 Å². The highest BCUT2D eigenvalue weighted by molar-refractivity contribution is 14.1. The normalized spacial score (nSPS) is 27.8. The third-order valence-corrected chi connectivity index (χ3v) is 2.81. The van der Waals surface area contributed by atoms with Gasteiger partial charge in [-0.05, 0) is 18.1 Å². The van der Waals surface area contributed by atoms with Crippen molar-refractivity contribution in [2.75, 3.05) is 6.61 Å². The first-order valence-corrected chi connectivity index (χ1v) is 4.75. The molecule has 0 radical (unpaired) electrons. The average Bonchev–Trinajstić information content (AvgIpc) is 2.55. The van der Waals surface area contributed by atoms with E-state index in [9.17, 15) is 8.78 Å². The molecule has 0 saturated carbocycles. The quantitative estimate of drug-likeness (QED) is 0.547. The number of allylic oxidation sites excluding steroid dienone is 3. The average molecular weight is 298 g/mol. The third-order valence-electron chi connectivity index (χ3n) is 2.31. The highest BCUT2D eigenvalue weighted by Gasteiger charge is 2.42. The van der Waals surface area contributed by atoms with Crippen molar-refractivity contribution < 1.29 is 16.4 Å². The minimum Gasteiger partial charge on any atom is -0.406 e. The van der Waals surface area contributed by atoms with Gasteiger partial charge in [0, 0.05) is 5.82 Å². The zero-order chi connectivity index (χ0) is 9.42. The van der Waals surface area contributed by atoms with Crippen LogP contribution in [0, 0.1) is 0 Å². The summed E-state index contributed by atoms with van der Waals surface area (Å²) in [4.78, 5) is 0. The van der Waals surface area contributed by atoms with Gasteiger partial charge in [0.05, 0.1) is 29.6 Å². The Labute approximate surface area is 88.8 Å². The van der Waals surface area contributed by atoms with E-state index in [4.69, 9.17) is 7.64 Å². The zero-order valence-electron chi connectivity index (χ0n) is 6.60. The molecule has 1 atom stereocenters. The first kappa shape index (κ1) is 9.60. The fourth-order valence-electron chi connectivity index (χ4n) is 1.60. The molecule has 1 heterocycles. The molecular weight excluding hydrogens is 292 g/mol. The van der Waals surface area contributed by atoms with Crippen LogP contribution in [-0.2, 0) is 7.64 Å². The SMILES string of the molecule is FC1=CCC2B(OI)OCC2=C1F. The molecule has 6 heteroatoms. The molecule has 1 unspecified atom stereocenters. The summed E-state index contributed by atoms with van der Waals surface area (Å²) >= 11 is 1.71. The molecule has 1 fully saturated rings. The largest absolute Gasteiger partial charge is 0.474 e. The molecule has 70 valence electrons. The Morgan fingerprint density at radius 3 is 3.08 bits per heavy atom. The van der Waals surface area contributed by atoms with E-state index < -0.39 is 18.8 Å². The fraction of sp³-hybridized carbons (Fsp3) is 0.429. The Bertz CT molecular complexity index is 292. The van der Waals surface area contributed by atoms with Gasteiger partial charge in [-0.3, -0.25) is 0 Å². The smallest absolute Gasteiger partial charge is 0.406 e. The Morgan fingerprint density at radius 2 is 2.38 bits per heavy atom. The van der Waals surface area contributed by atoms with Gasteiger partial charge in [0.2, 0.25) is 0 Å². The molecule has 0 aromatic carbocycles. The Morgan fingerprint density at radius 1 is 1.62 bits per heavy atom. The van der Waals surface area contributed by atoms with Crippen molar-refractivity contribution in [1.29, 1.82) is 0 Å². The lowest BCUT2D eigenvalue weighted by Gasteiger charge is -2.15. The monoisotopic (exact) mass is 298 g/mol. The van der Waals surface area contributed by atoms with Crippen molar-refractivity contribution in [3.8, 4) is 0 Å². The van der Waals surface area contributed by atoms with Crippen molar-refractivity contribution in [3.05, 3.63) is 23.3 Å². The van der Waals surface area contributed by atoms with Crippen LogP contribution in [0.3, 0.4) is 0 Å². The van der Waals surface area contributed by atoms with Crippen molar-refractivity contribution in [1.82, 2.24) is 0 Å². The number of hydrogen-bond donors (Lipinski definition) is 0. The summed E-state index contributed by atoms with van der Waals surface area (Å²) in [6, 6.07) is 0. The molecule has 0 aromatic rings. The Balaban J connectivity index is 2.28. The lowest BCUT2D eigenvalue weighted by molar-refractivity contribution is 0.340. The highest BCUT2D eigenvalue weighted by atomic mass is 127. The summed E-state index contributed by atoms with van der Waals surface area (Å²) in [5.41, 5.74) is 0.390. The van der Waals surface area contributed by atoms with Crippen LogP contribution in [-0.4, -0.2) is 13.7 Å². The van der Waals surface area contributed by atoms with E-state index in [0.29, 0.717) is 12.0 Å². The van der Waals surface area contributed by atoms with Crippen LogP contribution >= 0.6 is 23.0 Å². The second-order valence-electron chi connectivity index (χ2n) is 3.00. The maximum absolute atomic E-state index is 13.1. The predicted octanol–water partition coefficient (Wildman–Crippen LogP) is 2.72. The lowest BCUT2D eigenvalue weighted by Crippen LogP contribution is -2.19. The Hall–Kier alpha value is 0.0549. The standard InChI is InChI=1S/C7H6BF2IO2/c9-6-2-1-5-4(7(6)10)3-12-8(5)13-11/h2,5H,1,3H2. The highest BCUT2D eigenvalue weighted by Crippen LogP contribution is 2.42. The maximum Gasteiger partial charge on any atom is 0.474 e. The summed E-state index contributed by atoms with van der Waals surface area (Å²) in [6.45, 7) is 0.130. The number of hydrogen-bond acceptors (Lipinski definition) is 2. The summed E-state index contributed by atoms with van der Waals surface area (Å²) in [7, 11) is -0.439. The summed E-state index contributed by atoms with van der Waals surface area (Å²) in [6.07, 6.45) is 1.68. The summed E-state index contributed by atoms with van der Waals surface area (Å²) in [5, 5.41) is 0. The molecule has 1 aliphatic heterocycles. The molecule has 2 aliphatic rings. The minimum atomic E-state index is -0.774. The van der Waals surface area contributed by atoms with Crippen LogP contribution < -0.4 is 0 Å².